The van der Waals surface area contributed by atoms with Gasteiger partial charge in [-0.2, -0.15) is 0 Å². The van der Waals surface area contributed by atoms with Gasteiger partial charge in [0.15, 0.2) is 0 Å². The molecule has 1 aliphatic carbocycles. The first-order chi connectivity index (χ1) is 8.08. The molecule has 2 unspecified atom stereocenters. The average Bonchev–Trinajstić information content (AvgIpc) is 2.78. The van der Waals surface area contributed by atoms with E-state index in [2.05, 4.69) is 0 Å². The fourth-order valence-electron chi connectivity index (χ4n) is 2.40. The van der Waals surface area contributed by atoms with Crippen LogP contribution in [0.25, 0.3) is 0 Å². The molecule has 5 heteroatoms. The summed E-state index contributed by atoms with van der Waals surface area (Å²) in [5.74, 6) is 0.353. The van der Waals surface area contributed by atoms with Gasteiger partial charge >= 0.3 is 6.03 Å². The number of hydrogen-bond donors (Lipinski definition) is 2. The second-order valence-electron chi connectivity index (χ2n) is 4.40. The van der Waals surface area contributed by atoms with E-state index in [9.17, 15) is 10.0 Å². The van der Waals surface area contributed by atoms with Gasteiger partial charge in [-0.15, -0.1) is 0 Å². The SMILES string of the molecule is NC(=O)N(O)C1CCC(c2ccc(Cl)cc2)C1. The quantitative estimate of drug-likeness (QED) is 0.630. The van der Waals surface area contributed by atoms with E-state index >= 15 is 0 Å². The lowest BCUT2D eigenvalue weighted by Crippen LogP contribution is -2.39. The third-order valence-corrected chi connectivity index (χ3v) is 3.57. The second-order valence-corrected chi connectivity index (χ2v) is 4.83. The molecule has 0 heterocycles. The molecule has 2 rings (SSSR count). The molecule has 17 heavy (non-hydrogen) atoms. The van der Waals surface area contributed by atoms with Crippen LogP contribution >= 0.6 is 11.6 Å². The lowest BCUT2D eigenvalue weighted by atomic mass is 9.97. The molecule has 92 valence electrons. The van der Waals surface area contributed by atoms with Crippen molar-refractivity contribution in [3.63, 3.8) is 0 Å². The third kappa shape index (κ3) is 2.70. The zero-order valence-corrected chi connectivity index (χ0v) is 10.1. The van der Waals surface area contributed by atoms with E-state index in [-0.39, 0.29) is 6.04 Å². The van der Waals surface area contributed by atoms with Gasteiger partial charge in [0, 0.05) is 5.02 Å². The summed E-state index contributed by atoms with van der Waals surface area (Å²) in [5.41, 5.74) is 6.23. The van der Waals surface area contributed by atoms with Crippen LogP contribution in [0.2, 0.25) is 5.02 Å². The van der Waals surface area contributed by atoms with Crippen LogP contribution in [-0.2, 0) is 0 Å². The topological polar surface area (TPSA) is 66.6 Å². The van der Waals surface area contributed by atoms with Gasteiger partial charge in [-0.3, -0.25) is 5.21 Å². The van der Waals surface area contributed by atoms with Crippen molar-refractivity contribution in [2.24, 2.45) is 5.73 Å². The number of benzene rings is 1. The first-order valence-electron chi connectivity index (χ1n) is 5.61. The number of carbonyl (C=O) groups is 1. The monoisotopic (exact) mass is 254 g/mol. The lowest BCUT2D eigenvalue weighted by molar-refractivity contribution is -0.0730. The Bertz CT molecular complexity index is 407. The van der Waals surface area contributed by atoms with Crippen LogP contribution in [0.3, 0.4) is 0 Å². The number of nitrogens with two attached hydrogens (primary N) is 1. The van der Waals surface area contributed by atoms with Gasteiger partial charge in [0.25, 0.3) is 0 Å². The van der Waals surface area contributed by atoms with E-state index in [1.165, 1.54) is 5.56 Å². The smallest absolute Gasteiger partial charge is 0.338 e. The van der Waals surface area contributed by atoms with Crippen molar-refractivity contribution in [2.45, 2.75) is 31.2 Å². The zero-order valence-electron chi connectivity index (χ0n) is 9.34. The number of halogens is 1. The summed E-state index contributed by atoms with van der Waals surface area (Å²) in [4.78, 5) is 10.9. The molecule has 1 fully saturated rings. The standard InChI is InChI=1S/C12H15ClN2O2/c13-10-4-1-8(2-5-10)9-3-6-11(7-9)15(17)12(14)16/h1-2,4-5,9,11,17H,3,6-7H2,(H2,14,16). The van der Waals surface area contributed by atoms with Gasteiger partial charge in [-0.1, -0.05) is 23.7 Å². The lowest BCUT2D eigenvalue weighted by Gasteiger charge is -2.19. The predicted molar refractivity (Wildman–Crippen MR) is 65.0 cm³/mol. The molecule has 1 aromatic rings. The van der Waals surface area contributed by atoms with E-state index in [0.717, 1.165) is 19.3 Å². The number of hydrogen-bond acceptors (Lipinski definition) is 2. The summed E-state index contributed by atoms with van der Waals surface area (Å²) in [6.45, 7) is 0. The number of amides is 2. The molecule has 2 amide bonds. The minimum atomic E-state index is -0.785. The highest BCUT2D eigenvalue weighted by atomic mass is 35.5. The highest BCUT2D eigenvalue weighted by Crippen LogP contribution is 2.36. The Morgan fingerprint density at radius 2 is 2.00 bits per heavy atom. The Morgan fingerprint density at radius 1 is 1.35 bits per heavy atom. The minimum Gasteiger partial charge on any atom is -0.350 e. The van der Waals surface area contributed by atoms with Crippen molar-refractivity contribution in [2.75, 3.05) is 0 Å². The molecule has 2 atom stereocenters. The van der Waals surface area contributed by atoms with Crippen molar-refractivity contribution < 1.29 is 10.0 Å². The van der Waals surface area contributed by atoms with E-state index < -0.39 is 6.03 Å². The molecular formula is C12H15ClN2O2. The Labute approximate surface area is 105 Å². The van der Waals surface area contributed by atoms with Gasteiger partial charge in [-0.05, 0) is 42.9 Å². The van der Waals surface area contributed by atoms with Gasteiger partial charge in [0.1, 0.15) is 0 Å². The number of rotatable bonds is 2. The summed E-state index contributed by atoms with van der Waals surface area (Å²) >= 11 is 5.83. The molecule has 3 N–H and O–H groups in total. The summed E-state index contributed by atoms with van der Waals surface area (Å²) in [6.07, 6.45) is 2.45. The molecule has 0 aliphatic heterocycles. The molecule has 0 bridgehead atoms. The molecule has 1 aliphatic rings. The maximum Gasteiger partial charge on any atom is 0.338 e. The van der Waals surface area contributed by atoms with E-state index in [4.69, 9.17) is 17.3 Å². The van der Waals surface area contributed by atoms with Crippen molar-refractivity contribution in [1.82, 2.24) is 5.06 Å². The fraction of sp³-hybridized carbons (Fsp3) is 0.417. The number of urea groups is 1. The Hall–Kier alpha value is -1.26. The van der Waals surface area contributed by atoms with Crippen molar-refractivity contribution in [1.29, 1.82) is 0 Å². The summed E-state index contributed by atoms with van der Waals surface area (Å²) < 4.78 is 0. The van der Waals surface area contributed by atoms with Crippen LogP contribution in [0.4, 0.5) is 4.79 Å². The van der Waals surface area contributed by atoms with Gasteiger partial charge in [-0.25, -0.2) is 9.86 Å². The average molecular weight is 255 g/mol. The van der Waals surface area contributed by atoms with Crippen molar-refractivity contribution >= 4 is 17.6 Å². The number of primary amides is 1. The van der Waals surface area contributed by atoms with Crippen molar-refractivity contribution in [3.05, 3.63) is 34.9 Å². The van der Waals surface area contributed by atoms with Gasteiger partial charge in [0.05, 0.1) is 6.04 Å². The van der Waals surface area contributed by atoms with E-state index in [1.807, 2.05) is 24.3 Å². The highest BCUT2D eigenvalue weighted by molar-refractivity contribution is 6.30. The Morgan fingerprint density at radius 3 is 2.59 bits per heavy atom. The van der Waals surface area contributed by atoms with Gasteiger partial charge < -0.3 is 5.73 Å². The molecule has 4 nitrogen and oxygen atoms in total. The largest absolute Gasteiger partial charge is 0.350 e. The second kappa shape index (κ2) is 4.94. The fourth-order valence-corrected chi connectivity index (χ4v) is 2.52. The zero-order chi connectivity index (χ0) is 12.4. The molecule has 0 saturated heterocycles. The maximum absolute atomic E-state index is 10.9. The first-order valence-corrected chi connectivity index (χ1v) is 5.98. The maximum atomic E-state index is 10.9. The summed E-state index contributed by atoms with van der Waals surface area (Å²) in [5, 5.41) is 10.8. The van der Waals surface area contributed by atoms with Crippen LogP contribution in [0.5, 0.6) is 0 Å². The van der Waals surface area contributed by atoms with E-state index in [0.29, 0.717) is 16.0 Å². The first kappa shape index (κ1) is 12.2. The molecule has 1 saturated carbocycles. The van der Waals surface area contributed by atoms with Crippen LogP contribution < -0.4 is 5.73 Å². The van der Waals surface area contributed by atoms with Gasteiger partial charge in [0.2, 0.25) is 0 Å². The minimum absolute atomic E-state index is 0.173. The van der Waals surface area contributed by atoms with Crippen molar-refractivity contribution in [3.8, 4) is 0 Å². The molecule has 1 aromatic carbocycles. The number of nitrogens with zero attached hydrogens (tertiary/aromatic N) is 1. The molecular weight excluding hydrogens is 240 g/mol. The van der Waals surface area contributed by atoms with Crippen LogP contribution in [0.1, 0.15) is 30.7 Å². The normalized spacial score (nSPS) is 23.6. The van der Waals surface area contributed by atoms with Crippen LogP contribution in [0.15, 0.2) is 24.3 Å². The summed E-state index contributed by atoms with van der Waals surface area (Å²) in [6, 6.07) is 6.73. The highest BCUT2D eigenvalue weighted by Gasteiger charge is 2.31. The molecule has 0 radical (unpaired) electrons. The summed E-state index contributed by atoms with van der Waals surface area (Å²) in [7, 11) is 0. The van der Waals surface area contributed by atoms with Crippen LogP contribution in [-0.4, -0.2) is 22.3 Å². The molecule has 0 spiro atoms. The Balaban J connectivity index is 2.02. The van der Waals surface area contributed by atoms with E-state index in [1.54, 1.807) is 0 Å². The third-order valence-electron chi connectivity index (χ3n) is 3.32. The van der Waals surface area contributed by atoms with Crippen LogP contribution in [0, 0.1) is 0 Å². The Kier molecular flexibility index (Phi) is 3.54. The number of carbonyl (C=O) groups excluding carboxylic acids is 1. The predicted octanol–water partition coefficient (Wildman–Crippen LogP) is 2.75. The molecule has 0 aromatic heterocycles. The number of hydroxylamine groups is 2.